The Hall–Kier alpha value is -0.710. The first-order chi connectivity index (χ1) is 8.84. The van der Waals surface area contributed by atoms with Gasteiger partial charge in [-0.2, -0.15) is 13.2 Å². The number of hydrogen-bond donors (Lipinski definition) is 1. The molecular formula is C14H17BrF3N. The number of halogens is 4. The van der Waals surface area contributed by atoms with E-state index in [-0.39, 0.29) is 18.9 Å². The minimum Gasteiger partial charge on any atom is -0.382 e. The zero-order valence-corrected chi connectivity index (χ0v) is 12.3. The topological polar surface area (TPSA) is 12.0 Å². The van der Waals surface area contributed by atoms with Gasteiger partial charge in [-0.1, -0.05) is 15.9 Å². The van der Waals surface area contributed by atoms with E-state index in [4.69, 9.17) is 0 Å². The molecule has 1 fully saturated rings. The maximum atomic E-state index is 12.6. The van der Waals surface area contributed by atoms with Crippen LogP contribution in [0.1, 0.15) is 31.2 Å². The van der Waals surface area contributed by atoms with Gasteiger partial charge in [0.05, 0.1) is 5.92 Å². The van der Waals surface area contributed by atoms with Crippen LogP contribution in [0.15, 0.2) is 22.7 Å². The van der Waals surface area contributed by atoms with Crippen LogP contribution in [0.4, 0.5) is 18.9 Å². The SMILES string of the molecule is Cc1cc(Br)cc(NC2CCC(C(F)(F)F)CC2)c1. The monoisotopic (exact) mass is 335 g/mol. The van der Waals surface area contributed by atoms with E-state index in [1.165, 1.54) is 0 Å². The van der Waals surface area contributed by atoms with E-state index in [0.29, 0.717) is 12.8 Å². The lowest BCUT2D eigenvalue weighted by molar-refractivity contribution is -0.182. The van der Waals surface area contributed by atoms with Crippen molar-refractivity contribution in [3.63, 3.8) is 0 Å². The number of anilines is 1. The largest absolute Gasteiger partial charge is 0.391 e. The lowest BCUT2D eigenvalue weighted by atomic mass is 9.85. The van der Waals surface area contributed by atoms with Gasteiger partial charge in [0, 0.05) is 16.2 Å². The number of nitrogens with one attached hydrogen (secondary N) is 1. The van der Waals surface area contributed by atoms with Gasteiger partial charge in [-0.15, -0.1) is 0 Å². The first-order valence-corrected chi connectivity index (χ1v) is 7.24. The molecule has 1 N–H and O–H groups in total. The highest BCUT2D eigenvalue weighted by atomic mass is 79.9. The molecule has 0 aliphatic heterocycles. The molecule has 1 aliphatic carbocycles. The van der Waals surface area contributed by atoms with E-state index >= 15 is 0 Å². The summed E-state index contributed by atoms with van der Waals surface area (Å²) in [6.45, 7) is 2.00. The summed E-state index contributed by atoms with van der Waals surface area (Å²) in [6, 6.07) is 6.13. The predicted molar refractivity (Wildman–Crippen MR) is 74.3 cm³/mol. The molecule has 19 heavy (non-hydrogen) atoms. The molecule has 1 saturated carbocycles. The van der Waals surface area contributed by atoms with Crippen molar-refractivity contribution in [3.05, 3.63) is 28.2 Å². The van der Waals surface area contributed by atoms with E-state index in [2.05, 4.69) is 21.2 Å². The molecular weight excluding hydrogens is 319 g/mol. The Kier molecular flexibility index (Phi) is 4.43. The fourth-order valence-corrected chi connectivity index (χ4v) is 3.23. The summed E-state index contributed by atoms with van der Waals surface area (Å²) >= 11 is 3.42. The quantitative estimate of drug-likeness (QED) is 0.774. The van der Waals surface area contributed by atoms with Gasteiger partial charge in [-0.3, -0.25) is 0 Å². The molecule has 0 saturated heterocycles. The van der Waals surface area contributed by atoms with Crippen LogP contribution in [0, 0.1) is 12.8 Å². The van der Waals surface area contributed by atoms with Gasteiger partial charge in [-0.25, -0.2) is 0 Å². The Morgan fingerprint density at radius 3 is 2.26 bits per heavy atom. The highest BCUT2D eigenvalue weighted by Crippen LogP contribution is 2.38. The fourth-order valence-electron chi connectivity index (χ4n) is 2.62. The molecule has 0 radical (unpaired) electrons. The molecule has 1 nitrogen and oxygen atoms in total. The van der Waals surface area contributed by atoms with Crippen molar-refractivity contribution in [2.45, 2.75) is 44.8 Å². The summed E-state index contributed by atoms with van der Waals surface area (Å²) < 4.78 is 38.7. The van der Waals surface area contributed by atoms with Gasteiger partial charge in [0.15, 0.2) is 0 Å². The molecule has 0 unspecified atom stereocenters. The molecule has 106 valence electrons. The fraction of sp³-hybridized carbons (Fsp3) is 0.571. The zero-order chi connectivity index (χ0) is 14.0. The second-order valence-corrected chi connectivity index (χ2v) is 6.17. The highest BCUT2D eigenvalue weighted by molar-refractivity contribution is 9.10. The average Bonchev–Trinajstić information content (AvgIpc) is 2.26. The van der Waals surface area contributed by atoms with Crippen LogP contribution in [0.5, 0.6) is 0 Å². The number of hydrogen-bond acceptors (Lipinski definition) is 1. The van der Waals surface area contributed by atoms with Crippen LogP contribution < -0.4 is 5.32 Å². The van der Waals surface area contributed by atoms with Crippen molar-refractivity contribution >= 4 is 21.6 Å². The number of rotatable bonds is 2. The van der Waals surface area contributed by atoms with Crippen molar-refractivity contribution in [3.8, 4) is 0 Å². The molecule has 5 heteroatoms. The molecule has 1 aromatic carbocycles. The minimum atomic E-state index is -4.03. The van der Waals surface area contributed by atoms with E-state index in [1.807, 2.05) is 25.1 Å². The highest BCUT2D eigenvalue weighted by Gasteiger charge is 2.41. The molecule has 0 spiro atoms. The Balaban J connectivity index is 1.92. The van der Waals surface area contributed by atoms with E-state index in [1.54, 1.807) is 0 Å². The molecule has 0 aromatic heterocycles. The number of alkyl halides is 3. The van der Waals surface area contributed by atoms with Gasteiger partial charge >= 0.3 is 6.18 Å². The lowest BCUT2D eigenvalue weighted by Crippen LogP contribution is -2.32. The molecule has 0 bridgehead atoms. The average molecular weight is 336 g/mol. The smallest absolute Gasteiger partial charge is 0.382 e. The van der Waals surface area contributed by atoms with Gasteiger partial charge < -0.3 is 5.32 Å². The van der Waals surface area contributed by atoms with Gasteiger partial charge in [0.25, 0.3) is 0 Å². The van der Waals surface area contributed by atoms with Crippen molar-refractivity contribution in [1.82, 2.24) is 0 Å². The standard InChI is InChI=1S/C14H17BrF3N/c1-9-6-11(15)8-13(7-9)19-12-4-2-10(3-5-12)14(16,17)18/h6-8,10,12,19H,2-5H2,1H3. The molecule has 1 aliphatic rings. The Labute approximate surface area is 119 Å². The molecule has 0 atom stereocenters. The lowest BCUT2D eigenvalue weighted by Gasteiger charge is -2.31. The van der Waals surface area contributed by atoms with E-state index in [9.17, 15) is 13.2 Å². The predicted octanol–water partition coefficient (Wildman–Crippen LogP) is 5.29. The van der Waals surface area contributed by atoms with Gasteiger partial charge in [0.1, 0.15) is 0 Å². The van der Waals surface area contributed by atoms with Crippen molar-refractivity contribution in [1.29, 1.82) is 0 Å². The first-order valence-electron chi connectivity index (χ1n) is 6.45. The summed E-state index contributed by atoms with van der Waals surface area (Å²) in [4.78, 5) is 0. The maximum absolute atomic E-state index is 12.6. The van der Waals surface area contributed by atoms with E-state index < -0.39 is 12.1 Å². The van der Waals surface area contributed by atoms with Crippen LogP contribution in [0.2, 0.25) is 0 Å². The minimum absolute atomic E-state index is 0.146. The van der Waals surface area contributed by atoms with Crippen LogP contribution in [-0.4, -0.2) is 12.2 Å². The molecule has 1 aromatic rings. The summed E-state index contributed by atoms with van der Waals surface area (Å²) in [5, 5.41) is 3.34. The molecule has 0 amide bonds. The normalized spacial score (nSPS) is 24.3. The van der Waals surface area contributed by atoms with Gasteiger partial charge in [-0.05, 0) is 56.4 Å². The first kappa shape index (κ1) is 14.7. The van der Waals surface area contributed by atoms with Gasteiger partial charge in [0.2, 0.25) is 0 Å². The van der Waals surface area contributed by atoms with Crippen LogP contribution >= 0.6 is 15.9 Å². The van der Waals surface area contributed by atoms with Crippen molar-refractivity contribution < 1.29 is 13.2 Å². The third-order valence-corrected chi connectivity index (χ3v) is 4.06. The summed E-state index contributed by atoms with van der Waals surface area (Å²) in [6.07, 6.45) is -2.41. The number of benzene rings is 1. The second kappa shape index (κ2) is 5.73. The molecule has 2 rings (SSSR count). The Bertz CT molecular complexity index is 417. The third kappa shape index (κ3) is 4.13. The Morgan fingerprint density at radius 1 is 1.11 bits per heavy atom. The summed E-state index contributed by atoms with van der Waals surface area (Å²) in [5.74, 6) is -1.12. The number of aryl methyl sites for hydroxylation is 1. The van der Waals surface area contributed by atoms with Crippen molar-refractivity contribution in [2.75, 3.05) is 5.32 Å². The second-order valence-electron chi connectivity index (χ2n) is 5.25. The molecule has 0 heterocycles. The maximum Gasteiger partial charge on any atom is 0.391 e. The van der Waals surface area contributed by atoms with Crippen LogP contribution in [0.3, 0.4) is 0 Å². The summed E-state index contributed by atoms with van der Waals surface area (Å²) in [5.41, 5.74) is 2.10. The van der Waals surface area contributed by atoms with Crippen LogP contribution in [-0.2, 0) is 0 Å². The summed E-state index contributed by atoms with van der Waals surface area (Å²) in [7, 11) is 0. The van der Waals surface area contributed by atoms with Crippen LogP contribution in [0.25, 0.3) is 0 Å². The van der Waals surface area contributed by atoms with E-state index in [0.717, 1.165) is 15.7 Å². The zero-order valence-electron chi connectivity index (χ0n) is 10.7. The Morgan fingerprint density at radius 2 is 1.74 bits per heavy atom. The van der Waals surface area contributed by atoms with Crippen molar-refractivity contribution in [2.24, 2.45) is 5.92 Å². The third-order valence-electron chi connectivity index (χ3n) is 3.60.